The summed E-state index contributed by atoms with van der Waals surface area (Å²) in [6.45, 7) is 0. The van der Waals surface area contributed by atoms with Crippen molar-refractivity contribution in [2.75, 3.05) is 5.01 Å². The summed E-state index contributed by atoms with van der Waals surface area (Å²) in [4.78, 5) is 25.1. The molecule has 1 aliphatic heterocycles. The number of benzene rings is 1. The van der Waals surface area contributed by atoms with Crippen LogP contribution in [0, 0.1) is 0 Å². The first-order chi connectivity index (χ1) is 9.65. The number of hydrogen-bond donors (Lipinski definition) is 1. The number of thiophene rings is 1. The molecule has 2 heterocycles. The number of hydrogen-bond acceptors (Lipinski definition) is 3. The molecule has 2 aromatic rings. The maximum Gasteiger partial charge on any atom is 0.282 e. The fourth-order valence-corrected chi connectivity index (χ4v) is 2.77. The van der Waals surface area contributed by atoms with Crippen LogP contribution in [0.5, 0.6) is 0 Å². The van der Waals surface area contributed by atoms with E-state index in [9.17, 15) is 9.59 Å². The van der Waals surface area contributed by atoms with E-state index < -0.39 is 0 Å². The molecule has 0 bridgehead atoms. The van der Waals surface area contributed by atoms with Crippen LogP contribution in [0.15, 0.2) is 51.8 Å². The zero-order chi connectivity index (χ0) is 14.1. The molecule has 1 fully saturated rings. The van der Waals surface area contributed by atoms with Crippen molar-refractivity contribution in [3.05, 3.63) is 56.7 Å². The van der Waals surface area contributed by atoms with E-state index in [-0.39, 0.29) is 17.4 Å². The van der Waals surface area contributed by atoms with Crippen LogP contribution in [0.2, 0.25) is 0 Å². The number of carbonyl (C=O) groups is 2. The predicted molar refractivity (Wildman–Crippen MR) is 82.1 cm³/mol. The minimum atomic E-state index is -0.383. The van der Waals surface area contributed by atoms with Gasteiger partial charge in [0.05, 0.1) is 5.69 Å². The molecule has 4 nitrogen and oxygen atoms in total. The van der Waals surface area contributed by atoms with Gasteiger partial charge in [-0.05, 0) is 41.8 Å². The Kier molecular flexibility index (Phi) is 3.42. The first-order valence-electron chi connectivity index (χ1n) is 5.81. The molecule has 0 spiro atoms. The van der Waals surface area contributed by atoms with Gasteiger partial charge in [0.2, 0.25) is 0 Å². The van der Waals surface area contributed by atoms with Crippen LogP contribution in [0.1, 0.15) is 4.88 Å². The van der Waals surface area contributed by atoms with Crippen LogP contribution in [0.25, 0.3) is 6.08 Å². The van der Waals surface area contributed by atoms with Crippen LogP contribution in [-0.2, 0) is 9.59 Å². The molecule has 1 aliphatic rings. The standard InChI is InChI=1S/C14H9BrN2O2S/c15-9-3-5-10(6-4-9)17-14(19)12(13(18)16-17)8-11-2-1-7-20-11/h1-8H,(H,16,18). The predicted octanol–water partition coefficient (Wildman–Crippen LogP) is 2.97. The van der Waals surface area contributed by atoms with Gasteiger partial charge in [0.1, 0.15) is 5.57 Å². The molecule has 3 rings (SSSR count). The Bertz CT molecular complexity index is 692. The average Bonchev–Trinajstić information content (AvgIpc) is 3.04. The molecule has 0 aliphatic carbocycles. The van der Waals surface area contributed by atoms with Gasteiger partial charge >= 0.3 is 0 Å². The Morgan fingerprint density at radius 2 is 1.90 bits per heavy atom. The normalized spacial score (nSPS) is 16.9. The second kappa shape index (κ2) is 5.22. The quantitative estimate of drug-likeness (QED) is 0.669. The van der Waals surface area contributed by atoms with Gasteiger partial charge in [-0.1, -0.05) is 22.0 Å². The fourth-order valence-electron chi connectivity index (χ4n) is 1.85. The summed E-state index contributed by atoms with van der Waals surface area (Å²) in [6.07, 6.45) is 1.61. The Labute approximate surface area is 127 Å². The second-order valence-corrected chi connectivity index (χ2v) is 6.03. The molecule has 0 atom stereocenters. The van der Waals surface area contributed by atoms with Crippen LogP contribution in [-0.4, -0.2) is 11.8 Å². The first kappa shape index (κ1) is 13.1. The maximum absolute atomic E-state index is 12.3. The van der Waals surface area contributed by atoms with Crippen molar-refractivity contribution in [2.24, 2.45) is 0 Å². The highest BCUT2D eigenvalue weighted by Gasteiger charge is 2.34. The summed E-state index contributed by atoms with van der Waals surface area (Å²) >= 11 is 4.81. The molecule has 20 heavy (non-hydrogen) atoms. The van der Waals surface area contributed by atoms with Gasteiger partial charge in [0, 0.05) is 9.35 Å². The highest BCUT2D eigenvalue weighted by Crippen LogP contribution is 2.24. The van der Waals surface area contributed by atoms with Gasteiger partial charge < -0.3 is 0 Å². The van der Waals surface area contributed by atoms with Crippen molar-refractivity contribution in [1.29, 1.82) is 0 Å². The summed E-state index contributed by atoms with van der Waals surface area (Å²) in [7, 11) is 0. The molecule has 1 aromatic carbocycles. The molecule has 0 saturated carbocycles. The highest BCUT2D eigenvalue weighted by atomic mass is 79.9. The summed E-state index contributed by atoms with van der Waals surface area (Å²) in [5, 5.41) is 3.16. The van der Waals surface area contributed by atoms with E-state index >= 15 is 0 Å². The van der Waals surface area contributed by atoms with E-state index in [4.69, 9.17) is 0 Å². The van der Waals surface area contributed by atoms with E-state index in [0.29, 0.717) is 5.69 Å². The van der Waals surface area contributed by atoms with Crippen LogP contribution < -0.4 is 10.4 Å². The minimum Gasteiger partial charge on any atom is -0.267 e. The Hall–Kier alpha value is -1.92. The van der Waals surface area contributed by atoms with Gasteiger partial charge in [-0.3, -0.25) is 15.0 Å². The zero-order valence-electron chi connectivity index (χ0n) is 10.2. The van der Waals surface area contributed by atoms with Crippen molar-refractivity contribution >= 4 is 50.8 Å². The molecule has 0 radical (unpaired) electrons. The number of hydrazine groups is 1. The van der Waals surface area contributed by atoms with Crippen LogP contribution in [0.3, 0.4) is 0 Å². The lowest BCUT2D eigenvalue weighted by Crippen LogP contribution is -2.35. The Morgan fingerprint density at radius 1 is 1.15 bits per heavy atom. The number of carbonyl (C=O) groups excluding carboxylic acids is 2. The molecule has 0 unspecified atom stereocenters. The third kappa shape index (κ3) is 2.39. The molecule has 1 aromatic heterocycles. The van der Waals surface area contributed by atoms with E-state index in [0.717, 1.165) is 9.35 Å². The highest BCUT2D eigenvalue weighted by molar-refractivity contribution is 9.10. The van der Waals surface area contributed by atoms with E-state index in [1.807, 2.05) is 29.6 Å². The first-order valence-corrected chi connectivity index (χ1v) is 7.48. The van der Waals surface area contributed by atoms with Crippen molar-refractivity contribution in [3.63, 3.8) is 0 Å². The smallest absolute Gasteiger partial charge is 0.267 e. The van der Waals surface area contributed by atoms with Crippen LogP contribution in [0.4, 0.5) is 5.69 Å². The minimum absolute atomic E-state index is 0.148. The average molecular weight is 349 g/mol. The summed E-state index contributed by atoms with van der Waals surface area (Å²) in [6, 6.07) is 10.9. The maximum atomic E-state index is 12.3. The lowest BCUT2D eigenvalue weighted by molar-refractivity contribution is -0.117. The largest absolute Gasteiger partial charge is 0.282 e. The zero-order valence-corrected chi connectivity index (χ0v) is 12.6. The van der Waals surface area contributed by atoms with Gasteiger partial charge in [-0.15, -0.1) is 11.3 Å². The van der Waals surface area contributed by atoms with Gasteiger partial charge in [-0.2, -0.15) is 0 Å². The van der Waals surface area contributed by atoms with Gasteiger partial charge in [-0.25, -0.2) is 5.01 Å². The molecule has 100 valence electrons. The van der Waals surface area contributed by atoms with E-state index in [2.05, 4.69) is 21.4 Å². The van der Waals surface area contributed by atoms with Crippen molar-refractivity contribution < 1.29 is 9.59 Å². The van der Waals surface area contributed by atoms with Gasteiger partial charge in [0.15, 0.2) is 0 Å². The SMILES string of the molecule is O=C1NN(c2ccc(Br)cc2)C(=O)C1=Cc1cccs1. The third-order valence-electron chi connectivity index (χ3n) is 2.81. The lowest BCUT2D eigenvalue weighted by atomic mass is 10.2. The third-order valence-corrected chi connectivity index (χ3v) is 4.15. The number of halogens is 1. The van der Waals surface area contributed by atoms with Gasteiger partial charge in [0.25, 0.3) is 11.8 Å². The number of nitrogens with one attached hydrogen (secondary N) is 1. The molecule has 6 heteroatoms. The summed E-state index contributed by atoms with van der Waals surface area (Å²) in [5.41, 5.74) is 3.34. The molecular formula is C14H9BrN2O2S. The molecule has 1 N–H and O–H groups in total. The van der Waals surface area contributed by atoms with Crippen molar-refractivity contribution in [2.45, 2.75) is 0 Å². The Balaban J connectivity index is 1.92. The fraction of sp³-hybridized carbons (Fsp3) is 0. The van der Waals surface area contributed by atoms with E-state index in [1.165, 1.54) is 16.3 Å². The number of amides is 2. The number of nitrogens with zero attached hydrogens (tertiary/aromatic N) is 1. The number of anilines is 1. The summed E-state index contributed by atoms with van der Waals surface area (Å²) < 4.78 is 0.911. The molecule has 1 saturated heterocycles. The topological polar surface area (TPSA) is 49.4 Å². The van der Waals surface area contributed by atoms with Crippen molar-refractivity contribution in [3.8, 4) is 0 Å². The monoisotopic (exact) mass is 348 g/mol. The molecule has 2 amide bonds. The van der Waals surface area contributed by atoms with Crippen LogP contribution >= 0.6 is 27.3 Å². The lowest BCUT2D eigenvalue weighted by Gasteiger charge is -2.14. The number of rotatable bonds is 2. The summed E-state index contributed by atoms with van der Waals surface area (Å²) in [5.74, 6) is -0.725. The van der Waals surface area contributed by atoms with Crippen molar-refractivity contribution in [1.82, 2.24) is 5.43 Å². The second-order valence-electron chi connectivity index (χ2n) is 4.13. The molecular weight excluding hydrogens is 340 g/mol. The van der Waals surface area contributed by atoms with E-state index in [1.54, 1.807) is 18.2 Å². The Morgan fingerprint density at radius 3 is 2.55 bits per heavy atom.